The highest BCUT2D eigenvalue weighted by Gasteiger charge is 2.25. The largest absolute Gasteiger partial charge is 0.480 e. The Morgan fingerprint density at radius 3 is 2.39 bits per heavy atom. The van der Waals surface area contributed by atoms with Crippen molar-refractivity contribution in [1.82, 2.24) is 20.7 Å². The third-order valence-electron chi connectivity index (χ3n) is 4.16. The number of rotatable bonds is 13. The van der Waals surface area contributed by atoms with Gasteiger partial charge in [0.05, 0.1) is 11.5 Å². The summed E-state index contributed by atoms with van der Waals surface area (Å²) in [5, 5.41) is 17.6. The van der Waals surface area contributed by atoms with Crippen molar-refractivity contribution in [3.63, 3.8) is 0 Å². The molecule has 0 aliphatic carbocycles. The van der Waals surface area contributed by atoms with E-state index in [9.17, 15) is 23.1 Å². The molecule has 0 aromatic heterocycles. The van der Waals surface area contributed by atoms with E-state index in [0.29, 0.717) is 6.42 Å². The second-order valence-electron chi connectivity index (χ2n) is 6.51. The Morgan fingerprint density at radius 2 is 1.77 bits per heavy atom. The zero-order valence-corrected chi connectivity index (χ0v) is 18.6. The maximum atomic E-state index is 12.2. The summed E-state index contributed by atoms with van der Waals surface area (Å²) in [5.41, 5.74) is 0. The fourth-order valence-electron chi connectivity index (χ4n) is 2.50. The first-order chi connectivity index (χ1) is 14.8. The van der Waals surface area contributed by atoms with Gasteiger partial charge in [-0.1, -0.05) is 24.6 Å². The Hall–Kier alpha value is -2.86. The van der Waals surface area contributed by atoms with Gasteiger partial charge in [0, 0.05) is 27.2 Å². The molecular weight excluding hydrogens is 426 g/mol. The number of aliphatic carboxylic acids is 1. The molecule has 11 nitrogen and oxygen atoms in total. The van der Waals surface area contributed by atoms with Crippen LogP contribution in [0.3, 0.4) is 0 Å². The van der Waals surface area contributed by atoms with Crippen LogP contribution in [0.15, 0.2) is 40.2 Å². The van der Waals surface area contributed by atoms with E-state index in [1.54, 1.807) is 20.2 Å². The van der Waals surface area contributed by atoms with Crippen LogP contribution < -0.4 is 20.7 Å². The number of aliphatic imine (C=N–C) groups is 1. The predicted octanol–water partition coefficient (Wildman–Crippen LogP) is 0.500. The van der Waals surface area contributed by atoms with Gasteiger partial charge in [0.15, 0.2) is 5.96 Å². The number of amides is 1. The number of hydrogen-bond acceptors (Lipinski definition) is 6. The number of guanidine groups is 1. The topological polar surface area (TPSA) is 158 Å². The summed E-state index contributed by atoms with van der Waals surface area (Å²) in [4.78, 5) is 27.0. The lowest BCUT2D eigenvalue weighted by atomic mass is 10.2. The Bertz CT molecular complexity index is 816. The lowest BCUT2D eigenvalue weighted by Gasteiger charge is -2.15. The molecule has 0 aliphatic rings. The number of carbonyl (C=O) groups is 2. The summed E-state index contributed by atoms with van der Waals surface area (Å²) < 4.78 is 31.6. The van der Waals surface area contributed by atoms with Crippen LogP contribution in [-0.4, -0.2) is 71.4 Å². The maximum absolute atomic E-state index is 12.2. The van der Waals surface area contributed by atoms with E-state index >= 15 is 0 Å². The van der Waals surface area contributed by atoms with Crippen molar-refractivity contribution in [2.75, 3.05) is 33.8 Å². The second kappa shape index (κ2) is 14.2. The molecule has 1 aromatic rings. The van der Waals surface area contributed by atoms with Gasteiger partial charge in [0.2, 0.25) is 10.0 Å². The normalized spacial score (nSPS) is 12.6. The van der Waals surface area contributed by atoms with Gasteiger partial charge in [-0.3, -0.25) is 9.79 Å². The monoisotopic (exact) mass is 457 g/mol. The van der Waals surface area contributed by atoms with Gasteiger partial charge in [-0.25, -0.2) is 13.2 Å². The van der Waals surface area contributed by atoms with Crippen LogP contribution in [0, 0.1) is 0 Å². The number of hydrogen-bond donors (Lipinski definition) is 5. The van der Waals surface area contributed by atoms with E-state index in [-0.39, 0.29) is 11.5 Å². The van der Waals surface area contributed by atoms with Crippen molar-refractivity contribution in [3.05, 3.63) is 30.3 Å². The van der Waals surface area contributed by atoms with Gasteiger partial charge in [-0.05, 0) is 31.4 Å². The van der Waals surface area contributed by atoms with Crippen LogP contribution in [0.2, 0.25) is 0 Å². The Morgan fingerprint density at radius 1 is 1.10 bits per heavy atom. The molecule has 1 amide bonds. The average Bonchev–Trinajstić information content (AvgIpc) is 2.76. The summed E-state index contributed by atoms with van der Waals surface area (Å²) in [5.74, 6) is -0.686. The smallest absolute Gasteiger partial charge is 0.407 e. The number of unbranched alkanes of at least 4 members (excludes halogenated alkanes) is 3. The minimum Gasteiger partial charge on any atom is -0.480 e. The predicted molar refractivity (Wildman–Crippen MR) is 116 cm³/mol. The van der Waals surface area contributed by atoms with E-state index in [1.165, 1.54) is 24.3 Å². The third kappa shape index (κ3) is 10.6. The number of alkyl carbamates (subject to hydrolysis) is 1. The van der Waals surface area contributed by atoms with Crippen molar-refractivity contribution in [2.45, 2.75) is 36.6 Å². The zero-order chi connectivity index (χ0) is 23.1. The van der Waals surface area contributed by atoms with Crippen molar-refractivity contribution in [3.8, 4) is 0 Å². The SMILES string of the molecule is CN=C(NC)NCCCCCCOC(=O)NCC(NS(=O)(=O)c1ccccc1)C(=O)O. The van der Waals surface area contributed by atoms with Crippen molar-refractivity contribution < 1.29 is 27.9 Å². The van der Waals surface area contributed by atoms with Crippen LogP contribution in [0.25, 0.3) is 0 Å². The van der Waals surface area contributed by atoms with Gasteiger partial charge in [0.25, 0.3) is 0 Å². The summed E-state index contributed by atoms with van der Waals surface area (Å²) in [6.07, 6.45) is 2.61. The number of ether oxygens (including phenoxy) is 1. The number of nitrogens with one attached hydrogen (secondary N) is 4. The van der Waals surface area contributed by atoms with Crippen molar-refractivity contribution in [2.24, 2.45) is 4.99 Å². The van der Waals surface area contributed by atoms with Gasteiger partial charge in [-0.15, -0.1) is 0 Å². The number of sulfonamides is 1. The lowest BCUT2D eigenvalue weighted by Crippen LogP contribution is -2.48. The molecule has 12 heteroatoms. The highest BCUT2D eigenvalue weighted by molar-refractivity contribution is 7.89. The molecule has 0 saturated carbocycles. The molecule has 174 valence electrons. The molecule has 1 aromatic carbocycles. The Labute approximate surface area is 182 Å². The molecule has 0 radical (unpaired) electrons. The average molecular weight is 458 g/mol. The molecule has 0 saturated heterocycles. The molecule has 0 heterocycles. The molecular formula is C19H31N5O6S. The first-order valence-electron chi connectivity index (χ1n) is 9.89. The molecule has 1 rings (SSSR count). The van der Waals surface area contributed by atoms with Crippen molar-refractivity contribution >= 4 is 28.0 Å². The molecule has 1 atom stereocenters. The molecule has 5 N–H and O–H groups in total. The second-order valence-corrected chi connectivity index (χ2v) is 8.22. The van der Waals surface area contributed by atoms with Gasteiger partial charge >= 0.3 is 12.1 Å². The number of carbonyl (C=O) groups excluding carboxylic acids is 1. The van der Waals surface area contributed by atoms with E-state index in [0.717, 1.165) is 31.8 Å². The van der Waals surface area contributed by atoms with E-state index in [2.05, 4.69) is 25.7 Å². The number of nitrogens with zero attached hydrogens (tertiary/aromatic N) is 1. The Balaban J connectivity index is 2.26. The Kier molecular flexibility index (Phi) is 12.0. The fourth-order valence-corrected chi connectivity index (χ4v) is 3.71. The minimum absolute atomic E-state index is 0.0665. The number of carboxylic acid groups (broad SMARTS) is 1. The summed E-state index contributed by atoms with van der Waals surface area (Å²) in [6.45, 7) is 0.522. The highest BCUT2D eigenvalue weighted by atomic mass is 32.2. The molecule has 0 aliphatic heterocycles. The van der Waals surface area contributed by atoms with Crippen LogP contribution in [0.5, 0.6) is 0 Å². The first-order valence-corrected chi connectivity index (χ1v) is 11.4. The van der Waals surface area contributed by atoms with Crippen LogP contribution in [0.4, 0.5) is 4.79 Å². The first kappa shape index (κ1) is 26.2. The van der Waals surface area contributed by atoms with Gasteiger partial charge in [-0.2, -0.15) is 4.72 Å². The van der Waals surface area contributed by atoms with Crippen LogP contribution in [0.1, 0.15) is 25.7 Å². The van der Waals surface area contributed by atoms with Gasteiger partial charge in [0.1, 0.15) is 6.04 Å². The zero-order valence-electron chi connectivity index (χ0n) is 17.8. The van der Waals surface area contributed by atoms with E-state index < -0.39 is 34.7 Å². The molecule has 0 spiro atoms. The van der Waals surface area contributed by atoms with Crippen LogP contribution >= 0.6 is 0 Å². The summed E-state index contributed by atoms with van der Waals surface area (Å²) >= 11 is 0. The quantitative estimate of drug-likeness (QED) is 0.163. The molecule has 0 fully saturated rings. The lowest BCUT2D eigenvalue weighted by molar-refractivity contribution is -0.138. The number of carboxylic acids is 1. The summed E-state index contributed by atoms with van der Waals surface area (Å²) in [6, 6.07) is 5.85. The fraction of sp³-hybridized carbons (Fsp3) is 0.526. The van der Waals surface area contributed by atoms with Gasteiger partial charge < -0.3 is 25.8 Å². The standard InChI is InChI=1S/C19H31N5O6S/c1-20-18(21-2)22-12-8-3-4-9-13-30-19(27)23-14-16(17(25)26)24-31(28,29)15-10-6-5-7-11-15/h5-7,10-11,16,24H,3-4,8-9,12-14H2,1-2H3,(H,23,27)(H,25,26)(H2,20,21,22). The molecule has 1 unspecified atom stereocenters. The summed E-state index contributed by atoms with van der Waals surface area (Å²) in [7, 11) is -0.554. The van der Waals surface area contributed by atoms with Crippen molar-refractivity contribution in [1.29, 1.82) is 0 Å². The minimum atomic E-state index is -4.03. The molecule has 0 bridgehead atoms. The maximum Gasteiger partial charge on any atom is 0.407 e. The molecule has 31 heavy (non-hydrogen) atoms. The van der Waals surface area contributed by atoms with E-state index in [1.807, 2.05) is 0 Å². The third-order valence-corrected chi connectivity index (χ3v) is 5.64. The number of benzene rings is 1. The highest BCUT2D eigenvalue weighted by Crippen LogP contribution is 2.08. The van der Waals surface area contributed by atoms with E-state index in [4.69, 9.17) is 4.74 Å². The van der Waals surface area contributed by atoms with Crippen LogP contribution in [-0.2, 0) is 19.6 Å².